The molecule has 1 aliphatic rings. The van der Waals surface area contributed by atoms with Crippen LogP contribution in [0.2, 0.25) is 0 Å². The number of aromatic nitrogens is 2. The van der Waals surface area contributed by atoms with Gasteiger partial charge in [0.05, 0.1) is 12.1 Å². The molecule has 5 heteroatoms. The van der Waals surface area contributed by atoms with Gasteiger partial charge in [0.15, 0.2) is 0 Å². The van der Waals surface area contributed by atoms with Gasteiger partial charge in [-0.25, -0.2) is 9.97 Å². The largest absolute Gasteiger partial charge is 0.378 e. The van der Waals surface area contributed by atoms with Crippen molar-refractivity contribution in [1.82, 2.24) is 15.3 Å². The molecule has 0 aliphatic carbocycles. The van der Waals surface area contributed by atoms with Gasteiger partial charge in [0.2, 0.25) is 5.95 Å². The van der Waals surface area contributed by atoms with Crippen LogP contribution in [0.1, 0.15) is 0 Å². The van der Waals surface area contributed by atoms with E-state index in [-0.39, 0.29) is 12.1 Å². The first-order valence-corrected chi connectivity index (χ1v) is 4.67. The van der Waals surface area contributed by atoms with Crippen molar-refractivity contribution in [1.29, 1.82) is 0 Å². The number of anilines is 1. The molecule has 2 rings (SSSR count). The zero-order valence-electron chi connectivity index (χ0n) is 8.10. The highest BCUT2D eigenvalue weighted by molar-refractivity contribution is 5.26. The van der Waals surface area contributed by atoms with Crippen LogP contribution in [0.4, 0.5) is 5.95 Å². The van der Waals surface area contributed by atoms with Crippen molar-refractivity contribution < 1.29 is 4.74 Å². The van der Waals surface area contributed by atoms with E-state index in [1.807, 2.05) is 0 Å². The molecule has 0 saturated carbocycles. The zero-order chi connectivity index (χ0) is 9.80. The molecule has 1 fully saturated rings. The number of ether oxygens (including phenoxy) is 1. The fourth-order valence-corrected chi connectivity index (χ4v) is 1.59. The van der Waals surface area contributed by atoms with Gasteiger partial charge in [-0.3, -0.25) is 0 Å². The lowest BCUT2D eigenvalue weighted by Crippen LogP contribution is -2.34. The molecule has 0 amide bonds. The summed E-state index contributed by atoms with van der Waals surface area (Å²) in [6.07, 6.45) is 3.64. The lowest BCUT2D eigenvalue weighted by Gasteiger charge is -2.17. The van der Waals surface area contributed by atoms with Crippen LogP contribution in [0.25, 0.3) is 0 Å². The second kappa shape index (κ2) is 4.34. The predicted molar refractivity (Wildman–Crippen MR) is 53.1 cm³/mol. The third-order valence-corrected chi connectivity index (χ3v) is 2.34. The molecule has 14 heavy (non-hydrogen) atoms. The Balaban J connectivity index is 1.97. The Morgan fingerprint density at radius 1 is 1.43 bits per heavy atom. The third-order valence-electron chi connectivity index (χ3n) is 2.34. The molecule has 1 saturated heterocycles. The molecule has 0 radical (unpaired) electrons. The molecule has 0 spiro atoms. The predicted octanol–water partition coefficient (Wildman–Crippen LogP) is -0.125. The summed E-state index contributed by atoms with van der Waals surface area (Å²) in [7, 11) is 1.72. The van der Waals surface area contributed by atoms with Crippen molar-refractivity contribution in [3.63, 3.8) is 0 Å². The molecule has 0 bridgehead atoms. The van der Waals surface area contributed by atoms with Crippen molar-refractivity contribution in [2.24, 2.45) is 0 Å². The third kappa shape index (κ3) is 2.00. The number of hydrogen-bond donors (Lipinski definition) is 2. The van der Waals surface area contributed by atoms with Gasteiger partial charge >= 0.3 is 0 Å². The van der Waals surface area contributed by atoms with Crippen LogP contribution >= 0.6 is 0 Å². The van der Waals surface area contributed by atoms with Crippen LogP contribution in [0.15, 0.2) is 18.5 Å². The van der Waals surface area contributed by atoms with E-state index in [2.05, 4.69) is 20.6 Å². The molecule has 1 aromatic rings. The van der Waals surface area contributed by atoms with E-state index in [9.17, 15) is 0 Å². The van der Waals surface area contributed by atoms with Crippen molar-refractivity contribution in [2.45, 2.75) is 12.1 Å². The van der Waals surface area contributed by atoms with Crippen molar-refractivity contribution in [2.75, 3.05) is 25.5 Å². The van der Waals surface area contributed by atoms with Gasteiger partial charge in [-0.15, -0.1) is 0 Å². The summed E-state index contributed by atoms with van der Waals surface area (Å²) < 4.78 is 5.32. The smallest absolute Gasteiger partial charge is 0.222 e. The second-order valence-electron chi connectivity index (χ2n) is 3.26. The first kappa shape index (κ1) is 9.36. The minimum Gasteiger partial charge on any atom is -0.378 e. The fraction of sp³-hybridized carbons (Fsp3) is 0.556. The molecule has 1 aliphatic heterocycles. The summed E-state index contributed by atoms with van der Waals surface area (Å²) in [4.78, 5) is 8.21. The van der Waals surface area contributed by atoms with E-state index < -0.39 is 0 Å². The number of hydrogen-bond acceptors (Lipinski definition) is 5. The van der Waals surface area contributed by atoms with Crippen LogP contribution in [0, 0.1) is 0 Å². The van der Waals surface area contributed by atoms with Crippen LogP contribution in [0.3, 0.4) is 0 Å². The van der Waals surface area contributed by atoms with Gasteiger partial charge in [-0.2, -0.15) is 0 Å². The number of rotatable bonds is 3. The van der Waals surface area contributed by atoms with Gasteiger partial charge in [0, 0.05) is 32.6 Å². The van der Waals surface area contributed by atoms with Gasteiger partial charge < -0.3 is 15.4 Å². The summed E-state index contributed by atoms with van der Waals surface area (Å²) in [5.41, 5.74) is 0. The maximum Gasteiger partial charge on any atom is 0.222 e. The fourth-order valence-electron chi connectivity index (χ4n) is 1.59. The van der Waals surface area contributed by atoms with E-state index in [0.29, 0.717) is 5.95 Å². The second-order valence-corrected chi connectivity index (χ2v) is 3.26. The standard InChI is InChI=1S/C9H14N4O/c1-14-8-6-10-5-7(8)13-9-11-3-2-4-12-9/h2-4,7-8,10H,5-6H2,1H3,(H,11,12,13)/t7?,8-/m0/s1. The Morgan fingerprint density at radius 2 is 2.21 bits per heavy atom. The molecular formula is C9H14N4O. The summed E-state index contributed by atoms with van der Waals surface area (Å²) in [5, 5.41) is 6.48. The quantitative estimate of drug-likeness (QED) is 0.702. The molecule has 1 unspecified atom stereocenters. The summed E-state index contributed by atoms with van der Waals surface area (Å²) >= 11 is 0. The van der Waals surface area contributed by atoms with Gasteiger partial charge in [0.25, 0.3) is 0 Å². The van der Waals surface area contributed by atoms with Crippen LogP contribution in [-0.2, 0) is 4.74 Å². The maximum atomic E-state index is 5.32. The Bertz CT molecular complexity index is 279. The summed E-state index contributed by atoms with van der Waals surface area (Å²) in [6, 6.07) is 2.05. The molecule has 76 valence electrons. The maximum absolute atomic E-state index is 5.32. The number of methoxy groups -OCH3 is 1. The average Bonchev–Trinajstić information content (AvgIpc) is 2.67. The molecular weight excluding hydrogens is 180 g/mol. The van der Waals surface area contributed by atoms with E-state index in [1.54, 1.807) is 25.6 Å². The lowest BCUT2D eigenvalue weighted by molar-refractivity contribution is 0.111. The monoisotopic (exact) mass is 194 g/mol. The van der Waals surface area contributed by atoms with E-state index in [4.69, 9.17) is 4.74 Å². The molecule has 5 nitrogen and oxygen atoms in total. The van der Waals surface area contributed by atoms with Crippen LogP contribution < -0.4 is 10.6 Å². The van der Waals surface area contributed by atoms with E-state index in [0.717, 1.165) is 13.1 Å². The average molecular weight is 194 g/mol. The zero-order valence-corrected chi connectivity index (χ0v) is 8.10. The normalized spacial score (nSPS) is 26.4. The first-order chi connectivity index (χ1) is 6.90. The number of nitrogens with one attached hydrogen (secondary N) is 2. The summed E-state index contributed by atoms with van der Waals surface area (Å²) in [6.45, 7) is 1.76. The highest BCUT2D eigenvalue weighted by Crippen LogP contribution is 2.08. The Morgan fingerprint density at radius 3 is 2.93 bits per heavy atom. The Kier molecular flexibility index (Phi) is 2.90. The highest BCUT2D eigenvalue weighted by atomic mass is 16.5. The minimum atomic E-state index is 0.193. The van der Waals surface area contributed by atoms with Gasteiger partial charge in [0.1, 0.15) is 0 Å². The Hall–Kier alpha value is -1.20. The van der Waals surface area contributed by atoms with Crippen molar-refractivity contribution in [3.05, 3.63) is 18.5 Å². The van der Waals surface area contributed by atoms with E-state index in [1.165, 1.54) is 0 Å². The first-order valence-electron chi connectivity index (χ1n) is 4.67. The van der Waals surface area contributed by atoms with Crippen molar-refractivity contribution >= 4 is 5.95 Å². The molecule has 2 heterocycles. The van der Waals surface area contributed by atoms with Gasteiger partial charge in [-0.05, 0) is 6.07 Å². The van der Waals surface area contributed by atoms with Crippen LogP contribution in [-0.4, -0.2) is 42.3 Å². The molecule has 2 N–H and O–H groups in total. The topological polar surface area (TPSA) is 59.1 Å². The highest BCUT2D eigenvalue weighted by Gasteiger charge is 2.26. The van der Waals surface area contributed by atoms with Crippen LogP contribution in [0.5, 0.6) is 0 Å². The molecule has 1 aromatic heterocycles. The Labute approximate surface area is 82.9 Å². The van der Waals surface area contributed by atoms with Gasteiger partial charge in [-0.1, -0.05) is 0 Å². The lowest BCUT2D eigenvalue weighted by atomic mass is 10.2. The van der Waals surface area contributed by atoms with Crippen molar-refractivity contribution in [3.8, 4) is 0 Å². The number of nitrogens with zero attached hydrogens (tertiary/aromatic N) is 2. The summed E-state index contributed by atoms with van der Waals surface area (Å²) in [5.74, 6) is 0.656. The minimum absolute atomic E-state index is 0.193. The molecule has 0 aromatic carbocycles. The SMILES string of the molecule is CO[C@H]1CNCC1Nc1ncccn1. The molecule has 2 atom stereocenters. The van der Waals surface area contributed by atoms with E-state index >= 15 is 0 Å².